The molecule has 1 nitrogen and oxygen atoms in total. The number of hydrogen-bond donors (Lipinski definition) is 1. The van der Waals surface area contributed by atoms with Crippen molar-refractivity contribution in [1.82, 2.24) is 0 Å². The second-order valence-electron chi connectivity index (χ2n) is 2.35. The molecule has 3 heteroatoms. The fraction of sp³-hybridized carbons (Fsp3) is 0.250. The van der Waals surface area contributed by atoms with Crippen LogP contribution in [-0.4, -0.2) is 5.11 Å². The molecule has 1 N–H and O–H groups in total. The highest BCUT2D eigenvalue weighted by atomic mass is 79.9. The molecule has 59 valence electrons. The smallest absolute Gasteiger partial charge is 0.169 e. The van der Waals surface area contributed by atoms with Crippen molar-refractivity contribution in [3.05, 3.63) is 27.5 Å². The van der Waals surface area contributed by atoms with Gasteiger partial charge in [0.05, 0.1) is 0 Å². The Morgan fingerprint density at radius 3 is 2.55 bits per heavy atom. The zero-order valence-electron chi connectivity index (χ0n) is 6.20. The first-order valence-electron chi connectivity index (χ1n) is 3.10. The van der Waals surface area contributed by atoms with Gasteiger partial charge in [-0.15, -0.1) is 0 Å². The average molecular weight is 218 g/mol. The lowest BCUT2D eigenvalue weighted by Gasteiger charge is -2.04. The molecule has 1 rings (SSSR count). The summed E-state index contributed by atoms with van der Waals surface area (Å²) >= 11 is 3.18. The van der Waals surface area contributed by atoms with E-state index in [1.807, 2.05) is 0 Å². The fourth-order valence-corrected chi connectivity index (χ4v) is 1.12. The molecular weight excluding hydrogens is 211 g/mol. The first-order valence-corrected chi connectivity index (χ1v) is 3.89. The molecule has 0 saturated heterocycles. The molecule has 1 aromatic rings. The summed E-state index contributed by atoms with van der Waals surface area (Å²) in [5.41, 5.74) is 1.13. The van der Waals surface area contributed by atoms with Crippen molar-refractivity contribution in [3.63, 3.8) is 0 Å². The van der Waals surface area contributed by atoms with E-state index < -0.39 is 11.6 Å². The Kier molecular flexibility index (Phi) is 2.18. The number of phenolic OH excluding ortho intramolecular Hbond substituents is 1. The molecule has 0 spiro atoms. The molecule has 0 atom stereocenters. The fourth-order valence-electron chi connectivity index (χ4n) is 0.843. The summed E-state index contributed by atoms with van der Waals surface area (Å²) in [6, 6.07) is 2.48. The second kappa shape index (κ2) is 2.81. The Labute approximate surface area is 73.0 Å². The standard InChI is InChI=1S/C8H7BrFO/c1-4-3-6(11)8(10)5(2)7(4)9/h11H,1-2H3. The highest BCUT2D eigenvalue weighted by Crippen LogP contribution is 2.28. The van der Waals surface area contributed by atoms with Gasteiger partial charge in [0.2, 0.25) is 0 Å². The summed E-state index contributed by atoms with van der Waals surface area (Å²) in [6.07, 6.45) is 0. The zero-order valence-corrected chi connectivity index (χ0v) is 7.79. The van der Waals surface area contributed by atoms with Crippen LogP contribution < -0.4 is 0 Å². The van der Waals surface area contributed by atoms with E-state index in [4.69, 9.17) is 5.11 Å². The van der Waals surface area contributed by atoms with Crippen LogP contribution >= 0.6 is 15.9 Å². The van der Waals surface area contributed by atoms with Crippen LogP contribution in [0.5, 0.6) is 5.75 Å². The molecule has 1 radical (unpaired) electrons. The van der Waals surface area contributed by atoms with E-state index in [0.29, 0.717) is 15.6 Å². The van der Waals surface area contributed by atoms with E-state index in [1.54, 1.807) is 13.8 Å². The van der Waals surface area contributed by atoms with Crippen LogP contribution in [0.1, 0.15) is 11.1 Å². The molecule has 0 unspecified atom stereocenters. The van der Waals surface area contributed by atoms with Crippen LogP contribution in [0.25, 0.3) is 0 Å². The van der Waals surface area contributed by atoms with Crippen LogP contribution in [0.4, 0.5) is 4.39 Å². The predicted octanol–water partition coefficient (Wildman–Crippen LogP) is 2.71. The van der Waals surface area contributed by atoms with E-state index >= 15 is 0 Å². The summed E-state index contributed by atoms with van der Waals surface area (Å²) in [5, 5.41) is 8.95. The van der Waals surface area contributed by atoms with Crippen molar-refractivity contribution in [2.24, 2.45) is 0 Å². The minimum atomic E-state index is -0.609. The van der Waals surface area contributed by atoms with Crippen LogP contribution in [0, 0.1) is 25.7 Å². The van der Waals surface area contributed by atoms with E-state index in [2.05, 4.69) is 22.0 Å². The lowest BCUT2D eigenvalue weighted by molar-refractivity contribution is 0.428. The van der Waals surface area contributed by atoms with Crippen molar-refractivity contribution in [1.29, 1.82) is 0 Å². The number of rotatable bonds is 0. The molecule has 0 aromatic heterocycles. The quantitative estimate of drug-likeness (QED) is 0.709. The first kappa shape index (κ1) is 8.53. The van der Waals surface area contributed by atoms with Crippen molar-refractivity contribution in [2.45, 2.75) is 13.8 Å². The third-order valence-electron chi connectivity index (χ3n) is 1.50. The monoisotopic (exact) mass is 217 g/mol. The SMILES string of the molecule is Cc1[c]c(O)c(F)c(C)c1Br. The van der Waals surface area contributed by atoms with E-state index in [0.717, 1.165) is 0 Å². The maximum Gasteiger partial charge on any atom is 0.169 e. The molecule has 0 aliphatic carbocycles. The number of aromatic hydroxyl groups is 1. The number of benzene rings is 1. The van der Waals surface area contributed by atoms with Crippen molar-refractivity contribution in [2.75, 3.05) is 0 Å². The third kappa shape index (κ3) is 1.38. The van der Waals surface area contributed by atoms with Gasteiger partial charge in [-0.25, -0.2) is 4.39 Å². The molecule has 0 aliphatic heterocycles. The van der Waals surface area contributed by atoms with Crippen LogP contribution in [0.2, 0.25) is 0 Å². The maximum atomic E-state index is 12.9. The van der Waals surface area contributed by atoms with Gasteiger partial charge >= 0.3 is 0 Å². The van der Waals surface area contributed by atoms with Crippen molar-refractivity contribution < 1.29 is 9.50 Å². The van der Waals surface area contributed by atoms with Gasteiger partial charge in [0.1, 0.15) is 0 Å². The summed E-state index contributed by atoms with van der Waals surface area (Å²) < 4.78 is 13.5. The number of halogens is 2. The molecule has 0 amide bonds. The van der Waals surface area contributed by atoms with Crippen LogP contribution in [-0.2, 0) is 0 Å². The van der Waals surface area contributed by atoms with Gasteiger partial charge in [-0.05, 0) is 19.4 Å². The average Bonchev–Trinajstić information content (AvgIpc) is 1.97. The molecule has 0 fully saturated rings. The zero-order chi connectivity index (χ0) is 8.59. The Morgan fingerprint density at radius 2 is 2.00 bits per heavy atom. The highest BCUT2D eigenvalue weighted by Gasteiger charge is 2.09. The predicted molar refractivity (Wildman–Crippen MR) is 44.1 cm³/mol. The lowest BCUT2D eigenvalue weighted by atomic mass is 10.1. The molecule has 0 saturated carbocycles. The maximum absolute atomic E-state index is 12.9. The Balaban J connectivity index is 3.46. The van der Waals surface area contributed by atoms with E-state index in [-0.39, 0.29) is 0 Å². The van der Waals surface area contributed by atoms with Crippen molar-refractivity contribution >= 4 is 15.9 Å². The van der Waals surface area contributed by atoms with Gasteiger partial charge in [0.25, 0.3) is 0 Å². The molecule has 1 aromatic carbocycles. The van der Waals surface area contributed by atoms with E-state index in [9.17, 15) is 4.39 Å². The number of phenols is 1. The van der Waals surface area contributed by atoms with Gasteiger partial charge in [-0.1, -0.05) is 15.9 Å². The summed E-state index contributed by atoms with van der Waals surface area (Å²) in [7, 11) is 0. The third-order valence-corrected chi connectivity index (χ3v) is 2.69. The largest absolute Gasteiger partial charge is 0.504 e. The first-order chi connectivity index (χ1) is 5.04. The summed E-state index contributed by atoms with van der Waals surface area (Å²) in [4.78, 5) is 0. The number of hydrogen-bond acceptors (Lipinski definition) is 1. The minimum Gasteiger partial charge on any atom is -0.504 e. The molecule has 0 bridgehead atoms. The normalized spacial score (nSPS) is 10.2. The topological polar surface area (TPSA) is 20.2 Å². The van der Waals surface area contributed by atoms with Crippen LogP contribution in [0.15, 0.2) is 4.47 Å². The van der Waals surface area contributed by atoms with Gasteiger partial charge in [-0.2, -0.15) is 0 Å². The molecule has 0 heterocycles. The van der Waals surface area contributed by atoms with Gasteiger partial charge < -0.3 is 5.11 Å². The Bertz CT molecular complexity index is 270. The van der Waals surface area contributed by atoms with Crippen LogP contribution in [0.3, 0.4) is 0 Å². The van der Waals surface area contributed by atoms with E-state index in [1.165, 1.54) is 0 Å². The number of aryl methyl sites for hydroxylation is 1. The summed E-state index contributed by atoms with van der Waals surface area (Å²) in [6.45, 7) is 3.34. The van der Waals surface area contributed by atoms with Crippen molar-refractivity contribution in [3.8, 4) is 5.75 Å². The summed E-state index contributed by atoms with van der Waals surface area (Å²) in [5.74, 6) is -1.02. The minimum absolute atomic E-state index is 0.414. The Hall–Kier alpha value is -0.570. The molecule has 0 aliphatic rings. The highest BCUT2D eigenvalue weighted by molar-refractivity contribution is 9.10. The molecular formula is C8H7BrFO. The van der Waals surface area contributed by atoms with Gasteiger partial charge in [-0.3, -0.25) is 0 Å². The lowest BCUT2D eigenvalue weighted by Crippen LogP contribution is -1.88. The van der Waals surface area contributed by atoms with Gasteiger partial charge in [0.15, 0.2) is 11.6 Å². The Morgan fingerprint density at radius 1 is 1.45 bits per heavy atom. The molecule has 11 heavy (non-hydrogen) atoms. The van der Waals surface area contributed by atoms with Gasteiger partial charge in [0, 0.05) is 16.1 Å². The second-order valence-corrected chi connectivity index (χ2v) is 3.14.